The highest BCUT2D eigenvalue weighted by molar-refractivity contribution is 6.30. The Hall–Kier alpha value is -0.830. The van der Waals surface area contributed by atoms with Crippen molar-refractivity contribution in [2.24, 2.45) is 5.41 Å². The number of fused-ring (bicyclic) bond motifs is 1. The van der Waals surface area contributed by atoms with Gasteiger partial charge in [-0.3, -0.25) is 0 Å². The van der Waals surface area contributed by atoms with E-state index in [-0.39, 0.29) is 0 Å². The topological polar surface area (TPSA) is 29.0 Å². The molecule has 1 aromatic heterocycles. The Bertz CT molecular complexity index is 429. The van der Waals surface area contributed by atoms with Crippen LogP contribution in [0.5, 0.6) is 0 Å². The predicted octanol–water partition coefficient (Wildman–Crippen LogP) is 3.10. The number of hydrogen-bond acceptors (Lipinski definition) is 3. The maximum Gasteiger partial charge on any atom is 0.226 e. The Morgan fingerprint density at radius 1 is 1.35 bits per heavy atom. The third kappa shape index (κ3) is 2.54. The van der Waals surface area contributed by atoms with Crippen LogP contribution in [-0.4, -0.2) is 23.6 Å². The maximum absolute atomic E-state index is 6.30. The van der Waals surface area contributed by atoms with Gasteiger partial charge in [-0.2, -0.15) is 0 Å². The first-order valence-electron chi connectivity index (χ1n) is 6.19. The molecule has 0 N–H and O–H groups in total. The van der Waals surface area contributed by atoms with Crippen molar-refractivity contribution >= 4 is 17.5 Å². The Kier molecular flexibility index (Phi) is 3.30. The number of anilines is 1. The van der Waals surface area contributed by atoms with E-state index in [1.54, 1.807) is 0 Å². The Balaban J connectivity index is 2.40. The average molecular weight is 254 g/mol. The van der Waals surface area contributed by atoms with E-state index in [0.717, 1.165) is 36.6 Å². The van der Waals surface area contributed by atoms with Crippen LogP contribution in [0.1, 0.15) is 38.4 Å². The van der Waals surface area contributed by atoms with E-state index >= 15 is 0 Å². The van der Waals surface area contributed by atoms with E-state index < -0.39 is 0 Å². The molecule has 1 aliphatic carbocycles. The second-order valence-corrected chi connectivity index (χ2v) is 5.95. The molecule has 0 unspecified atom stereocenters. The fraction of sp³-hybridized carbons (Fsp3) is 0.692. The molecule has 1 aromatic rings. The standard InChI is InChI=1S/C13H20ClN3/c1-5-17(4)12-15-10-6-7-13(2,3)8-9(10)11(14)16-12/h5-8H2,1-4H3. The van der Waals surface area contributed by atoms with E-state index in [2.05, 4.69) is 30.7 Å². The van der Waals surface area contributed by atoms with Crippen LogP contribution in [0.15, 0.2) is 0 Å². The number of aromatic nitrogens is 2. The molecule has 0 spiro atoms. The quantitative estimate of drug-likeness (QED) is 0.759. The highest BCUT2D eigenvalue weighted by Gasteiger charge is 2.29. The smallest absolute Gasteiger partial charge is 0.226 e. The molecule has 0 aliphatic heterocycles. The van der Waals surface area contributed by atoms with Gasteiger partial charge < -0.3 is 4.90 Å². The molecule has 0 bridgehead atoms. The molecule has 0 fully saturated rings. The van der Waals surface area contributed by atoms with Crippen molar-refractivity contribution in [2.75, 3.05) is 18.5 Å². The molecule has 2 rings (SSSR count). The molecule has 94 valence electrons. The summed E-state index contributed by atoms with van der Waals surface area (Å²) in [7, 11) is 1.99. The van der Waals surface area contributed by atoms with Gasteiger partial charge in [0.05, 0.1) is 5.69 Å². The number of nitrogens with zero attached hydrogens (tertiary/aromatic N) is 3. The van der Waals surface area contributed by atoms with Gasteiger partial charge in [-0.15, -0.1) is 0 Å². The van der Waals surface area contributed by atoms with Crippen molar-refractivity contribution in [3.05, 3.63) is 16.4 Å². The summed E-state index contributed by atoms with van der Waals surface area (Å²) < 4.78 is 0. The molecule has 17 heavy (non-hydrogen) atoms. The average Bonchev–Trinajstić information content (AvgIpc) is 2.28. The summed E-state index contributed by atoms with van der Waals surface area (Å²) >= 11 is 6.30. The van der Waals surface area contributed by atoms with Gasteiger partial charge in [0, 0.05) is 19.2 Å². The Morgan fingerprint density at radius 3 is 2.71 bits per heavy atom. The summed E-state index contributed by atoms with van der Waals surface area (Å²) in [6.07, 6.45) is 3.16. The SMILES string of the molecule is CCN(C)c1nc(Cl)c2c(n1)CCC(C)(C)C2. The summed E-state index contributed by atoms with van der Waals surface area (Å²) in [5.41, 5.74) is 2.61. The van der Waals surface area contributed by atoms with Crippen molar-refractivity contribution < 1.29 is 0 Å². The van der Waals surface area contributed by atoms with E-state index in [1.165, 1.54) is 6.42 Å². The van der Waals surface area contributed by atoms with Crippen LogP contribution in [0.4, 0.5) is 5.95 Å². The summed E-state index contributed by atoms with van der Waals surface area (Å²) in [4.78, 5) is 11.1. The lowest BCUT2D eigenvalue weighted by Gasteiger charge is -2.31. The zero-order valence-electron chi connectivity index (χ0n) is 11.0. The molecular weight excluding hydrogens is 234 g/mol. The summed E-state index contributed by atoms with van der Waals surface area (Å²) in [5.74, 6) is 0.746. The van der Waals surface area contributed by atoms with Gasteiger partial charge in [-0.1, -0.05) is 25.4 Å². The minimum absolute atomic E-state index is 0.318. The first-order chi connectivity index (χ1) is 7.93. The molecule has 1 aliphatic rings. The number of hydrogen-bond donors (Lipinski definition) is 0. The molecule has 0 amide bonds. The van der Waals surface area contributed by atoms with Gasteiger partial charge in [-0.25, -0.2) is 9.97 Å². The monoisotopic (exact) mass is 253 g/mol. The van der Waals surface area contributed by atoms with Gasteiger partial charge in [0.2, 0.25) is 5.95 Å². The van der Waals surface area contributed by atoms with E-state index in [1.807, 2.05) is 11.9 Å². The minimum atomic E-state index is 0.318. The zero-order valence-corrected chi connectivity index (χ0v) is 11.8. The second-order valence-electron chi connectivity index (χ2n) is 5.59. The molecule has 0 saturated carbocycles. The molecule has 4 heteroatoms. The Labute approximate surface area is 108 Å². The van der Waals surface area contributed by atoms with Gasteiger partial charge in [0.25, 0.3) is 0 Å². The van der Waals surface area contributed by atoms with Crippen molar-refractivity contribution in [1.82, 2.24) is 9.97 Å². The van der Waals surface area contributed by atoms with Crippen LogP contribution in [0.2, 0.25) is 5.15 Å². The molecule has 0 radical (unpaired) electrons. The highest BCUT2D eigenvalue weighted by Crippen LogP contribution is 2.37. The van der Waals surface area contributed by atoms with Crippen LogP contribution in [0.3, 0.4) is 0 Å². The van der Waals surface area contributed by atoms with E-state index in [9.17, 15) is 0 Å². The minimum Gasteiger partial charge on any atom is -0.344 e. The van der Waals surface area contributed by atoms with Crippen LogP contribution in [-0.2, 0) is 12.8 Å². The normalized spacial score (nSPS) is 17.7. The zero-order chi connectivity index (χ0) is 12.6. The lowest BCUT2D eigenvalue weighted by Crippen LogP contribution is -2.26. The molecular formula is C13H20ClN3. The lowest BCUT2D eigenvalue weighted by atomic mass is 9.76. The third-order valence-electron chi connectivity index (χ3n) is 3.54. The van der Waals surface area contributed by atoms with Crippen LogP contribution in [0, 0.1) is 5.41 Å². The predicted molar refractivity (Wildman–Crippen MR) is 71.8 cm³/mol. The van der Waals surface area contributed by atoms with Gasteiger partial charge in [0.15, 0.2) is 0 Å². The molecule has 0 saturated heterocycles. The fourth-order valence-electron chi connectivity index (χ4n) is 2.21. The molecule has 1 heterocycles. The number of aryl methyl sites for hydroxylation is 1. The van der Waals surface area contributed by atoms with Crippen molar-refractivity contribution in [2.45, 2.75) is 40.0 Å². The van der Waals surface area contributed by atoms with E-state index in [4.69, 9.17) is 11.6 Å². The lowest BCUT2D eigenvalue weighted by molar-refractivity contribution is 0.311. The maximum atomic E-state index is 6.30. The van der Waals surface area contributed by atoms with E-state index in [0.29, 0.717) is 10.6 Å². The molecule has 3 nitrogen and oxygen atoms in total. The summed E-state index contributed by atoms with van der Waals surface area (Å²) in [5, 5.41) is 0.637. The largest absolute Gasteiger partial charge is 0.344 e. The van der Waals surface area contributed by atoms with Crippen LogP contribution in [0.25, 0.3) is 0 Å². The van der Waals surface area contributed by atoms with Crippen LogP contribution < -0.4 is 4.90 Å². The first kappa shape index (κ1) is 12.6. The summed E-state index contributed by atoms with van der Waals surface area (Å²) in [6, 6.07) is 0. The molecule has 0 atom stereocenters. The number of rotatable bonds is 2. The summed E-state index contributed by atoms with van der Waals surface area (Å²) in [6.45, 7) is 7.52. The van der Waals surface area contributed by atoms with Gasteiger partial charge >= 0.3 is 0 Å². The van der Waals surface area contributed by atoms with Gasteiger partial charge in [-0.05, 0) is 31.6 Å². The highest BCUT2D eigenvalue weighted by atomic mass is 35.5. The third-order valence-corrected chi connectivity index (χ3v) is 3.85. The van der Waals surface area contributed by atoms with Crippen molar-refractivity contribution in [1.29, 1.82) is 0 Å². The van der Waals surface area contributed by atoms with Crippen molar-refractivity contribution in [3.63, 3.8) is 0 Å². The molecule has 0 aromatic carbocycles. The number of halogens is 1. The fourth-order valence-corrected chi connectivity index (χ4v) is 2.46. The van der Waals surface area contributed by atoms with Crippen LogP contribution >= 0.6 is 11.6 Å². The second kappa shape index (κ2) is 4.45. The van der Waals surface area contributed by atoms with Crippen molar-refractivity contribution in [3.8, 4) is 0 Å². The van der Waals surface area contributed by atoms with Gasteiger partial charge in [0.1, 0.15) is 5.15 Å². The Morgan fingerprint density at radius 2 is 2.06 bits per heavy atom. The first-order valence-corrected chi connectivity index (χ1v) is 6.57.